The summed E-state index contributed by atoms with van der Waals surface area (Å²) in [7, 11) is 1.61. The summed E-state index contributed by atoms with van der Waals surface area (Å²) in [6, 6.07) is 10.9. The Morgan fingerprint density at radius 2 is 2.10 bits per heavy atom. The fourth-order valence-electron chi connectivity index (χ4n) is 3.26. The van der Waals surface area contributed by atoms with E-state index < -0.39 is 6.10 Å². The number of rotatable bonds is 5. The molecule has 29 heavy (non-hydrogen) atoms. The van der Waals surface area contributed by atoms with Crippen LogP contribution in [0.1, 0.15) is 21.7 Å². The summed E-state index contributed by atoms with van der Waals surface area (Å²) in [6.45, 7) is 0.930. The van der Waals surface area contributed by atoms with Crippen molar-refractivity contribution in [1.29, 1.82) is 0 Å². The molecule has 3 aromatic rings. The van der Waals surface area contributed by atoms with Crippen molar-refractivity contribution >= 4 is 33.4 Å². The molecule has 2 amide bonds. The summed E-state index contributed by atoms with van der Waals surface area (Å²) in [5.74, 6) is 1.13. The van der Waals surface area contributed by atoms with Gasteiger partial charge in [0.2, 0.25) is 5.91 Å². The maximum Gasteiger partial charge on any atom is 0.264 e. The number of pyridine rings is 1. The highest BCUT2D eigenvalue weighted by molar-refractivity contribution is 7.21. The minimum atomic E-state index is -0.447. The molecule has 2 N–H and O–H groups in total. The van der Waals surface area contributed by atoms with Crippen LogP contribution in [0.25, 0.3) is 10.2 Å². The molecule has 2 aromatic heterocycles. The lowest BCUT2D eigenvalue weighted by Gasteiger charge is -2.13. The Morgan fingerprint density at radius 1 is 1.31 bits per heavy atom. The second kappa shape index (κ2) is 8.18. The Kier molecular flexibility index (Phi) is 5.46. The lowest BCUT2D eigenvalue weighted by atomic mass is 10.1. The fraction of sp³-hybridized carbons (Fsp3) is 0.286. The number of benzene rings is 1. The molecular weight excluding hydrogens is 390 g/mol. The Bertz CT molecular complexity index is 1050. The quantitative estimate of drug-likeness (QED) is 0.673. The minimum absolute atomic E-state index is 0.0455. The van der Waals surface area contributed by atoms with E-state index >= 15 is 0 Å². The lowest BCUT2D eigenvalue weighted by molar-refractivity contribution is -0.119. The summed E-state index contributed by atoms with van der Waals surface area (Å²) < 4.78 is 6.81. The number of carbonyl (C=O) groups is 2. The number of amides is 2. The van der Waals surface area contributed by atoms with Gasteiger partial charge >= 0.3 is 0 Å². The van der Waals surface area contributed by atoms with Crippen LogP contribution in [0.15, 0.2) is 42.6 Å². The molecule has 0 unspecified atom stereocenters. The predicted octanol–water partition coefficient (Wildman–Crippen LogP) is 2.58. The Labute approximate surface area is 171 Å². The van der Waals surface area contributed by atoms with E-state index in [0.717, 1.165) is 10.3 Å². The van der Waals surface area contributed by atoms with Gasteiger partial charge in [0, 0.05) is 32.4 Å². The number of aromatic nitrogens is 1. The molecule has 0 saturated carbocycles. The second-order valence-corrected chi connectivity index (χ2v) is 7.98. The van der Waals surface area contributed by atoms with Crippen LogP contribution in [0.3, 0.4) is 0 Å². The highest BCUT2D eigenvalue weighted by atomic mass is 32.1. The summed E-state index contributed by atoms with van der Waals surface area (Å²) in [5, 5.41) is 12.3. The van der Waals surface area contributed by atoms with E-state index in [1.54, 1.807) is 30.3 Å². The number of aliphatic hydroxyl groups excluding tert-OH is 1. The fourth-order valence-corrected chi connectivity index (χ4v) is 4.29. The average Bonchev–Trinajstić information content (AvgIpc) is 3.36. The maximum absolute atomic E-state index is 12.7. The van der Waals surface area contributed by atoms with E-state index in [2.05, 4.69) is 10.3 Å². The molecular formula is C21H21N3O4S. The highest BCUT2D eigenvalue weighted by Gasteiger charge is 2.27. The monoisotopic (exact) mass is 411 g/mol. The van der Waals surface area contributed by atoms with Gasteiger partial charge < -0.3 is 20.1 Å². The highest BCUT2D eigenvalue weighted by Crippen LogP contribution is 2.35. The van der Waals surface area contributed by atoms with Crippen molar-refractivity contribution in [2.75, 3.05) is 20.1 Å². The van der Waals surface area contributed by atoms with E-state index in [-0.39, 0.29) is 11.8 Å². The third-order valence-electron chi connectivity index (χ3n) is 4.83. The van der Waals surface area contributed by atoms with Gasteiger partial charge in [0.05, 0.1) is 27.6 Å². The summed E-state index contributed by atoms with van der Waals surface area (Å²) >= 11 is 1.34. The molecule has 0 radical (unpaired) electrons. The number of nitrogens with one attached hydrogen (secondary N) is 1. The molecule has 1 atom stereocenters. The SMILES string of the molecule is CNC(=O)Cc1ccc(Oc2ccnc3cc(C(=O)N4CC[C@@H](O)C4)sc23)cc1. The molecule has 8 heteroatoms. The third-order valence-corrected chi connectivity index (χ3v) is 5.96. The second-order valence-electron chi connectivity index (χ2n) is 6.92. The number of hydrogen-bond acceptors (Lipinski definition) is 6. The Hall–Kier alpha value is -2.97. The molecule has 1 aromatic carbocycles. The molecule has 0 spiro atoms. The first-order valence-corrected chi connectivity index (χ1v) is 10.2. The molecule has 1 aliphatic rings. The van der Waals surface area contributed by atoms with Gasteiger partial charge in [-0.1, -0.05) is 12.1 Å². The van der Waals surface area contributed by atoms with Crippen molar-refractivity contribution in [2.24, 2.45) is 0 Å². The first kappa shape index (κ1) is 19.4. The van der Waals surface area contributed by atoms with Gasteiger partial charge in [-0.15, -0.1) is 11.3 Å². The number of aliphatic hydroxyl groups is 1. The number of β-amino-alcohol motifs (C(OH)–C–C–N with tert-alkyl or cyclic N) is 1. The zero-order chi connectivity index (χ0) is 20.4. The van der Waals surface area contributed by atoms with Crippen LogP contribution in [0.4, 0.5) is 0 Å². The molecule has 3 heterocycles. The van der Waals surface area contributed by atoms with Crippen molar-refractivity contribution < 1.29 is 19.4 Å². The van der Waals surface area contributed by atoms with Gasteiger partial charge in [-0.3, -0.25) is 14.6 Å². The number of likely N-dealkylation sites (N-methyl/N-ethyl adjacent to an activating group) is 1. The minimum Gasteiger partial charge on any atom is -0.456 e. The van der Waals surface area contributed by atoms with E-state index in [4.69, 9.17) is 4.74 Å². The number of likely N-dealkylation sites (tertiary alicyclic amines) is 1. The topological polar surface area (TPSA) is 91.8 Å². The molecule has 4 rings (SSSR count). The van der Waals surface area contributed by atoms with Crippen LogP contribution in [0.2, 0.25) is 0 Å². The zero-order valence-corrected chi connectivity index (χ0v) is 16.7. The standard InChI is InChI=1S/C21H21N3O4S/c1-22-19(26)10-13-2-4-15(5-3-13)28-17-6-8-23-16-11-18(29-20(16)17)21(27)24-9-7-14(25)12-24/h2-6,8,11,14,25H,7,9-10,12H2,1H3,(H,22,26)/t14-/m1/s1. The molecule has 150 valence electrons. The van der Waals surface area contributed by atoms with Crippen LogP contribution in [0, 0.1) is 0 Å². The Morgan fingerprint density at radius 3 is 2.79 bits per heavy atom. The van der Waals surface area contributed by atoms with Crippen molar-refractivity contribution in [3.63, 3.8) is 0 Å². The number of fused-ring (bicyclic) bond motifs is 1. The number of ether oxygens (including phenoxy) is 1. The number of hydrogen-bond donors (Lipinski definition) is 2. The first-order valence-electron chi connectivity index (χ1n) is 9.37. The average molecular weight is 411 g/mol. The van der Waals surface area contributed by atoms with Crippen LogP contribution in [-0.4, -0.2) is 53.0 Å². The van der Waals surface area contributed by atoms with E-state index in [1.165, 1.54) is 11.3 Å². The number of nitrogens with zero attached hydrogens (tertiary/aromatic N) is 2. The lowest BCUT2D eigenvalue weighted by Crippen LogP contribution is -2.28. The van der Waals surface area contributed by atoms with Crippen molar-refractivity contribution in [1.82, 2.24) is 15.2 Å². The molecule has 0 aliphatic carbocycles. The van der Waals surface area contributed by atoms with Gasteiger partial charge in [0.25, 0.3) is 5.91 Å². The van der Waals surface area contributed by atoms with E-state index in [9.17, 15) is 14.7 Å². The van der Waals surface area contributed by atoms with E-state index in [0.29, 0.717) is 47.8 Å². The van der Waals surface area contributed by atoms with Gasteiger partial charge in [-0.05, 0) is 30.2 Å². The van der Waals surface area contributed by atoms with Gasteiger partial charge in [-0.2, -0.15) is 0 Å². The first-order chi connectivity index (χ1) is 14.0. The van der Waals surface area contributed by atoms with Crippen LogP contribution >= 0.6 is 11.3 Å². The molecule has 0 bridgehead atoms. The van der Waals surface area contributed by atoms with Crippen LogP contribution < -0.4 is 10.1 Å². The molecule has 1 saturated heterocycles. The van der Waals surface area contributed by atoms with Crippen molar-refractivity contribution in [3.8, 4) is 11.5 Å². The molecule has 7 nitrogen and oxygen atoms in total. The smallest absolute Gasteiger partial charge is 0.264 e. The molecule has 1 aliphatic heterocycles. The normalized spacial score (nSPS) is 16.2. The van der Waals surface area contributed by atoms with Gasteiger partial charge in [0.1, 0.15) is 11.5 Å². The number of thiophene rings is 1. The van der Waals surface area contributed by atoms with Crippen molar-refractivity contribution in [3.05, 3.63) is 53.0 Å². The zero-order valence-electron chi connectivity index (χ0n) is 15.9. The maximum atomic E-state index is 12.7. The van der Waals surface area contributed by atoms with Gasteiger partial charge in [0.15, 0.2) is 0 Å². The summed E-state index contributed by atoms with van der Waals surface area (Å²) in [5.41, 5.74) is 1.60. The van der Waals surface area contributed by atoms with E-state index in [1.807, 2.05) is 24.3 Å². The molecule has 1 fully saturated rings. The van der Waals surface area contributed by atoms with Crippen molar-refractivity contribution in [2.45, 2.75) is 18.9 Å². The third kappa shape index (κ3) is 4.23. The van der Waals surface area contributed by atoms with Gasteiger partial charge in [-0.25, -0.2) is 0 Å². The summed E-state index contributed by atoms with van der Waals surface area (Å²) in [4.78, 5) is 30.8. The predicted molar refractivity (Wildman–Crippen MR) is 110 cm³/mol. The Balaban J connectivity index is 1.54. The number of carbonyl (C=O) groups excluding carboxylic acids is 2. The van der Waals surface area contributed by atoms with Crippen LogP contribution in [0.5, 0.6) is 11.5 Å². The largest absolute Gasteiger partial charge is 0.456 e. The van der Waals surface area contributed by atoms with Crippen LogP contribution in [-0.2, 0) is 11.2 Å². The summed E-state index contributed by atoms with van der Waals surface area (Å²) in [6.07, 6.45) is 2.13.